The molecule has 0 saturated carbocycles. The number of anilines is 1. The zero-order valence-corrected chi connectivity index (χ0v) is 11.8. The Balaban J connectivity index is 1.77. The van der Waals surface area contributed by atoms with E-state index >= 15 is 0 Å². The number of aromatic amines is 1. The van der Waals surface area contributed by atoms with Crippen LogP contribution in [0.4, 0.5) is 5.95 Å². The fraction of sp³-hybridized carbons (Fsp3) is 0.846. The molecular weight excluding hydrogens is 242 g/mol. The lowest BCUT2D eigenvalue weighted by Crippen LogP contribution is -2.36. The maximum Gasteiger partial charge on any atom is 0.244 e. The minimum Gasteiger partial charge on any atom is -0.381 e. The number of hydrogen-bond donors (Lipinski definition) is 2. The number of hydrogen-bond acceptors (Lipinski definition) is 5. The molecule has 0 atom stereocenters. The summed E-state index contributed by atoms with van der Waals surface area (Å²) >= 11 is 0. The summed E-state index contributed by atoms with van der Waals surface area (Å²) in [6.07, 6.45) is 4.13. The molecule has 0 radical (unpaired) electrons. The molecular formula is C13H25N5O. The molecule has 0 spiro atoms. The molecule has 19 heavy (non-hydrogen) atoms. The van der Waals surface area contributed by atoms with Crippen molar-refractivity contribution < 1.29 is 4.74 Å². The molecule has 1 aliphatic rings. The van der Waals surface area contributed by atoms with Gasteiger partial charge in [-0.1, -0.05) is 6.92 Å². The number of nitrogens with zero attached hydrogens (tertiary/aromatic N) is 3. The molecule has 1 aromatic heterocycles. The highest BCUT2D eigenvalue weighted by molar-refractivity contribution is 5.29. The molecule has 0 amide bonds. The van der Waals surface area contributed by atoms with Crippen LogP contribution in [0.25, 0.3) is 0 Å². The van der Waals surface area contributed by atoms with Gasteiger partial charge in [-0.25, -0.2) is 0 Å². The van der Waals surface area contributed by atoms with Crippen molar-refractivity contribution in [2.24, 2.45) is 11.7 Å². The minimum atomic E-state index is 0.664. The zero-order chi connectivity index (χ0) is 13.5. The van der Waals surface area contributed by atoms with E-state index in [0.29, 0.717) is 12.5 Å². The smallest absolute Gasteiger partial charge is 0.244 e. The fourth-order valence-electron chi connectivity index (χ4n) is 2.32. The first-order chi connectivity index (χ1) is 9.33. The lowest BCUT2D eigenvalue weighted by molar-refractivity contribution is 0.136. The highest BCUT2D eigenvalue weighted by atomic mass is 16.5. The van der Waals surface area contributed by atoms with Gasteiger partial charge in [0.2, 0.25) is 5.95 Å². The number of rotatable bonds is 7. The summed E-state index contributed by atoms with van der Waals surface area (Å²) in [5, 5.41) is 7.29. The van der Waals surface area contributed by atoms with Gasteiger partial charge in [0.15, 0.2) is 0 Å². The van der Waals surface area contributed by atoms with Crippen LogP contribution in [0.5, 0.6) is 0 Å². The lowest BCUT2D eigenvalue weighted by atomic mass is 9.97. The molecule has 0 bridgehead atoms. The Morgan fingerprint density at radius 3 is 2.84 bits per heavy atom. The minimum absolute atomic E-state index is 0.664. The second-order valence-electron chi connectivity index (χ2n) is 5.11. The number of nitrogens with two attached hydrogens (primary N) is 1. The second kappa shape index (κ2) is 7.45. The predicted octanol–water partition coefficient (Wildman–Crippen LogP) is 0.949. The van der Waals surface area contributed by atoms with Crippen LogP contribution in [0.1, 0.15) is 32.0 Å². The monoisotopic (exact) mass is 267 g/mol. The lowest BCUT2D eigenvalue weighted by Gasteiger charge is -2.30. The number of aromatic nitrogens is 3. The average molecular weight is 267 g/mol. The Hall–Kier alpha value is -1.14. The van der Waals surface area contributed by atoms with Crippen molar-refractivity contribution in [1.82, 2.24) is 15.2 Å². The van der Waals surface area contributed by atoms with Gasteiger partial charge in [0.1, 0.15) is 5.82 Å². The third kappa shape index (κ3) is 4.18. The van der Waals surface area contributed by atoms with Gasteiger partial charge < -0.3 is 15.4 Å². The van der Waals surface area contributed by atoms with Crippen LogP contribution in [0.3, 0.4) is 0 Å². The van der Waals surface area contributed by atoms with Crippen molar-refractivity contribution in [3.8, 4) is 0 Å². The van der Waals surface area contributed by atoms with E-state index in [1.54, 1.807) is 0 Å². The van der Waals surface area contributed by atoms with Crippen molar-refractivity contribution in [3.05, 3.63) is 5.82 Å². The summed E-state index contributed by atoms with van der Waals surface area (Å²) in [4.78, 5) is 6.77. The van der Waals surface area contributed by atoms with E-state index in [0.717, 1.165) is 63.7 Å². The van der Waals surface area contributed by atoms with Crippen LogP contribution in [0.15, 0.2) is 0 Å². The van der Waals surface area contributed by atoms with Gasteiger partial charge in [-0.15, -0.1) is 5.10 Å². The van der Waals surface area contributed by atoms with Gasteiger partial charge in [-0.05, 0) is 31.7 Å². The fourth-order valence-corrected chi connectivity index (χ4v) is 2.32. The highest BCUT2D eigenvalue weighted by Crippen LogP contribution is 2.19. The SMILES string of the molecule is CCCOCCc1nc(N2CCC(CN)CC2)n[nH]1. The number of ether oxygens (including phenoxy) is 1. The van der Waals surface area contributed by atoms with Crippen molar-refractivity contribution in [3.63, 3.8) is 0 Å². The van der Waals surface area contributed by atoms with Gasteiger partial charge in [0.25, 0.3) is 0 Å². The molecule has 6 nitrogen and oxygen atoms in total. The normalized spacial score (nSPS) is 17.1. The predicted molar refractivity (Wildman–Crippen MR) is 75.2 cm³/mol. The van der Waals surface area contributed by atoms with Crippen LogP contribution in [-0.2, 0) is 11.2 Å². The summed E-state index contributed by atoms with van der Waals surface area (Å²) in [5.74, 6) is 2.39. The van der Waals surface area contributed by atoms with Crippen LogP contribution < -0.4 is 10.6 Å². The molecule has 1 saturated heterocycles. The Bertz CT molecular complexity index is 360. The van der Waals surface area contributed by atoms with Gasteiger partial charge in [0, 0.05) is 26.1 Å². The quantitative estimate of drug-likeness (QED) is 0.719. The third-order valence-corrected chi connectivity index (χ3v) is 3.58. The molecule has 6 heteroatoms. The average Bonchev–Trinajstić information content (AvgIpc) is 2.92. The first-order valence-corrected chi connectivity index (χ1v) is 7.27. The second-order valence-corrected chi connectivity index (χ2v) is 5.11. The van der Waals surface area contributed by atoms with Crippen LogP contribution in [0.2, 0.25) is 0 Å². The van der Waals surface area contributed by atoms with E-state index < -0.39 is 0 Å². The van der Waals surface area contributed by atoms with E-state index in [9.17, 15) is 0 Å². The largest absolute Gasteiger partial charge is 0.381 e. The summed E-state index contributed by atoms with van der Waals surface area (Å²) in [5.41, 5.74) is 5.70. The van der Waals surface area contributed by atoms with Crippen molar-refractivity contribution in [1.29, 1.82) is 0 Å². The molecule has 2 heterocycles. The van der Waals surface area contributed by atoms with Crippen LogP contribution in [0, 0.1) is 5.92 Å². The summed E-state index contributed by atoms with van der Waals surface area (Å²) in [7, 11) is 0. The van der Waals surface area contributed by atoms with E-state index in [1.807, 2.05) is 0 Å². The Morgan fingerprint density at radius 2 is 2.16 bits per heavy atom. The van der Waals surface area contributed by atoms with E-state index in [2.05, 4.69) is 27.0 Å². The third-order valence-electron chi connectivity index (χ3n) is 3.58. The molecule has 0 aliphatic carbocycles. The first kappa shape index (κ1) is 14.3. The summed E-state index contributed by atoms with van der Waals surface area (Å²) in [6, 6.07) is 0. The Kier molecular flexibility index (Phi) is 5.60. The molecule has 1 fully saturated rings. The topological polar surface area (TPSA) is 80.1 Å². The van der Waals surface area contributed by atoms with Crippen molar-refractivity contribution in [2.75, 3.05) is 37.7 Å². The molecule has 3 N–H and O–H groups in total. The number of H-pyrrole nitrogens is 1. The molecule has 1 aromatic rings. The standard InChI is InChI=1S/C13H25N5O/c1-2-8-19-9-5-12-15-13(17-16-12)18-6-3-11(10-14)4-7-18/h11H,2-10,14H2,1H3,(H,15,16,17). The van der Waals surface area contributed by atoms with Gasteiger partial charge >= 0.3 is 0 Å². The summed E-state index contributed by atoms with van der Waals surface area (Å²) < 4.78 is 5.45. The molecule has 2 rings (SSSR count). The molecule has 0 unspecified atom stereocenters. The van der Waals surface area contributed by atoms with Gasteiger partial charge in [-0.2, -0.15) is 4.98 Å². The van der Waals surface area contributed by atoms with Crippen LogP contribution in [-0.4, -0.2) is 48.0 Å². The van der Waals surface area contributed by atoms with Crippen LogP contribution >= 0.6 is 0 Å². The Morgan fingerprint density at radius 1 is 1.37 bits per heavy atom. The van der Waals surface area contributed by atoms with E-state index in [4.69, 9.17) is 10.5 Å². The highest BCUT2D eigenvalue weighted by Gasteiger charge is 2.20. The maximum atomic E-state index is 5.70. The molecule has 1 aliphatic heterocycles. The summed E-state index contributed by atoms with van der Waals surface area (Å²) in [6.45, 7) is 6.43. The van der Waals surface area contributed by atoms with E-state index in [-0.39, 0.29) is 0 Å². The van der Waals surface area contributed by atoms with Crippen molar-refractivity contribution >= 4 is 5.95 Å². The molecule has 0 aromatic carbocycles. The van der Waals surface area contributed by atoms with Gasteiger partial charge in [0.05, 0.1) is 6.61 Å². The zero-order valence-electron chi connectivity index (χ0n) is 11.8. The van der Waals surface area contributed by atoms with Gasteiger partial charge in [-0.3, -0.25) is 5.10 Å². The Labute approximate surface area is 114 Å². The number of nitrogens with one attached hydrogen (secondary N) is 1. The maximum absolute atomic E-state index is 5.70. The first-order valence-electron chi connectivity index (χ1n) is 7.27. The molecule has 108 valence electrons. The number of piperidine rings is 1. The van der Waals surface area contributed by atoms with Crippen molar-refractivity contribution in [2.45, 2.75) is 32.6 Å². The van der Waals surface area contributed by atoms with E-state index in [1.165, 1.54) is 0 Å².